The molecule has 1 amide bonds. The van der Waals surface area contributed by atoms with Gasteiger partial charge in [0.25, 0.3) is 0 Å². The van der Waals surface area contributed by atoms with Gasteiger partial charge in [-0.1, -0.05) is 0 Å². The number of ether oxygens (including phenoxy) is 1. The zero-order valence-corrected chi connectivity index (χ0v) is 28.0. The van der Waals surface area contributed by atoms with Crippen LogP contribution in [0.1, 0.15) is 24.1 Å². The molecule has 46 heavy (non-hydrogen) atoms. The predicted molar refractivity (Wildman–Crippen MR) is 178 cm³/mol. The molecule has 2 aromatic heterocycles. The van der Waals surface area contributed by atoms with Crippen molar-refractivity contribution in [3.63, 3.8) is 0 Å². The number of halogens is 1. The van der Waals surface area contributed by atoms with Crippen LogP contribution in [0.15, 0.2) is 85.1 Å². The fraction of sp³-hybridized carbons (Fsp3) is 0.242. The van der Waals surface area contributed by atoms with Crippen molar-refractivity contribution >= 4 is 57.1 Å². The molecule has 6 rings (SSSR count). The summed E-state index contributed by atoms with van der Waals surface area (Å²) in [6.45, 7) is 4.22. The molecule has 3 aromatic carbocycles. The van der Waals surface area contributed by atoms with Gasteiger partial charge in [-0.05, 0) is 24.3 Å². The van der Waals surface area contributed by atoms with Crippen molar-refractivity contribution in [1.29, 1.82) is 0 Å². The number of amides is 1. The summed E-state index contributed by atoms with van der Waals surface area (Å²) in [5.41, 5.74) is 3.88. The maximum absolute atomic E-state index is 14.3. The number of nitrogens with zero attached hydrogens (tertiary/aromatic N) is 4. The van der Waals surface area contributed by atoms with Crippen molar-refractivity contribution < 1.29 is 22.3 Å². The Balaban J connectivity index is 1.09. The van der Waals surface area contributed by atoms with Crippen LogP contribution in [-0.4, -0.2) is 74.3 Å². The Labute approximate surface area is 273 Å². The molecule has 1 saturated heterocycles. The predicted octanol–water partition coefficient (Wildman–Crippen LogP) is 5.19. The molecule has 5 aromatic rings. The van der Waals surface area contributed by atoms with E-state index >= 15 is 0 Å². The molecule has 1 aliphatic rings. The molecule has 1 radical (unpaired) electrons. The first kappa shape index (κ1) is 31.7. The monoisotopic (exact) mass is 703 g/mol. The van der Waals surface area contributed by atoms with Crippen LogP contribution in [0.4, 0.5) is 20.6 Å². The second kappa shape index (κ2) is 13.6. The number of aromatic amines is 1. The third-order valence-corrected chi connectivity index (χ3v) is 10.4. The van der Waals surface area contributed by atoms with Crippen LogP contribution in [0, 0.1) is 12.7 Å². The number of carbonyl (C=O) groups excluding carboxylic acids is 1. The molecule has 1 aliphatic heterocycles. The van der Waals surface area contributed by atoms with E-state index in [4.69, 9.17) is 4.74 Å². The molecular formula is C33H33AsFN6O4S. The molecule has 237 valence electrons. The molecule has 0 bridgehead atoms. The van der Waals surface area contributed by atoms with E-state index in [0.717, 1.165) is 58.7 Å². The van der Waals surface area contributed by atoms with Crippen molar-refractivity contribution in [2.75, 3.05) is 29.0 Å². The second-order valence-corrected chi connectivity index (χ2v) is 15.4. The zero-order valence-electron chi connectivity index (χ0n) is 25.4. The Hall–Kier alpha value is -4.25. The topological polar surface area (TPSA) is 121 Å². The van der Waals surface area contributed by atoms with Gasteiger partial charge in [0.05, 0.1) is 6.26 Å². The number of sulfonamides is 1. The molecule has 13 heteroatoms. The number of hydrogen-bond acceptors (Lipinski definition) is 7. The van der Waals surface area contributed by atoms with Gasteiger partial charge in [0.15, 0.2) is 0 Å². The summed E-state index contributed by atoms with van der Waals surface area (Å²) in [6.07, 6.45) is 4.39. The van der Waals surface area contributed by atoms with E-state index in [1.54, 1.807) is 36.5 Å². The number of aryl methyl sites for hydroxylation is 1. The molecule has 0 unspecified atom stereocenters. The van der Waals surface area contributed by atoms with Gasteiger partial charge in [-0.25, -0.2) is 8.42 Å². The summed E-state index contributed by atoms with van der Waals surface area (Å²) in [5, 5.41) is 8.04. The van der Waals surface area contributed by atoms with Gasteiger partial charge in [0, 0.05) is 5.69 Å². The number of carbonyl (C=O) groups is 1. The number of hydrogen-bond donors (Lipinski definition) is 2. The third-order valence-electron chi connectivity index (χ3n) is 7.81. The van der Waals surface area contributed by atoms with Gasteiger partial charge < -0.3 is 0 Å². The van der Waals surface area contributed by atoms with Gasteiger partial charge in [-0.15, -0.1) is 0 Å². The summed E-state index contributed by atoms with van der Waals surface area (Å²) in [5.74, 6) is 0.629. The normalized spacial score (nSPS) is 14.6. The summed E-state index contributed by atoms with van der Waals surface area (Å²) in [7, 11) is -3.35. The number of benzene rings is 3. The molecule has 0 aliphatic carbocycles. The molecular weight excluding hydrogens is 670 g/mol. The second-order valence-electron chi connectivity index (χ2n) is 11.3. The Morgan fingerprint density at radius 2 is 1.87 bits per heavy atom. The van der Waals surface area contributed by atoms with E-state index in [0.29, 0.717) is 29.5 Å². The van der Waals surface area contributed by atoms with Crippen LogP contribution < -0.4 is 18.7 Å². The van der Waals surface area contributed by atoms with E-state index in [1.807, 2.05) is 48.2 Å². The number of piperidine rings is 1. The number of rotatable bonds is 10. The molecule has 0 spiro atoms. The first-order valence-electron chi connectivity index (χ1n) is 14.8. The third kappa shape index (κ3) is 7.93. The molecule has 1 fully saturated rings. The maximum atomic E-state index is 14.3. The summed E-state index contributed by atoms with van der Waals surface area (Å²) < 4.78 is 46.5. The van der Waals surface area contributed by atoms with Crippen molar-refractivity contribution in [2.45, 2.75) is 32.4 Å². The number of likely N-dealkylation sites (tertiary alicyclic amines) is 1. The van der Waals surface area contributed by atoms with E-state index in [1.165, 1.54) is 12.1 Å². The van der Waals surface area contributed by atoms with Gasteiger partial charge in [-0.2, -0.15) is 0 Å². The van der Waals surface area contributed by atoms with Crippen LogP contribution in [0.5, 0.6) is 11.6 Å². The van der Waals surface area contributed by atoms with E-state index in [-0.39, 0.29) is 16.6 Å². The van der Waals surface area contributed by atoms with Gasteiger partial charge in [0.1, 0.15) is 5.75 Å². The van der Waals surface area contributed by atoms with Crippen LogP contribution >= 0.6 is 0 Å². The van der Waals surface area contributed by atoms with Crippen LogP contribution in [0.25, 0.3) is 10.9 Å². The van der Waals surface area contributed by atoms with Crippen LogP contribution in [-0.2, 0) is 16.6 Å². The number of nitrogens with one attached hydrogen (secondary N) is 2. The summed E-state index contributed by atoms with van der Waals surface area (Å²) in [6, 6.07) is 22.7. The first-order valence-corrected chi connectivity index (χ1v) is 18.5. The van der Waals surface area contributed by atoms with Gasteiger partial charge >= 0.3 is 209 Å². The Morgan fingerprint density at radius 3 is 2.59 bits per heavy atom. The first-order chi connectivity index (χ1) is 22.1. The van der Waals surface area contributed by atoms with E-state index < -0.39 is 25.8 Å². The molecule has 0 saturated carbocycles. The number of anilines is 2. The number of fused-ring (bicyclic) bond motifs is 1. The average molecular weight is 704 g/mol. The minimum absolute atomic E-state index is 0.0242. The Kier molecular flexibility index (Phi) is 9.39. The standard InChI is InChI=1S/C33H33AsFN6O4S/c1-22-24(7-13-32(37-22)45-30-11-9-27(10-12-30)39-46(2,43)44)21-40-16-14-28(15-17-40)41(29-5-3-4-26(35)19-29)33(42)34-25-8-6-23-20-36-38-31(23)18-25/h3-13,18-20,28,39H,14-17,21H2,1-2H3,(H,36,38). The summed E-state index contributed by atoms with van der Waals surface area (Å²) in [4.78, 5) is 22.6. The number of pyridine rings is 1. The SMILES string of the molecule is Cc1nc(Oc2ccc(NS(C)(=O)=O)cc2)ccc1CN1CCC(N(C(=O)[As]c2ccc3cn[nH]c3c2)c2cccc(F)c2)CC1. The van der Waals surface area contributed by atoms with Crippen molar-refractivity contribution in [1.82, 2.24) is 20.1 Å². The van der Waals surface area contributed by atoms with Gasteiger partial charge in [-0.3, -0.25) is 4.72 Å². The quantitative estimate of drug-likeness (QED) is 0.192. The molecule has 3 heterocycles. The number of H-pyrrole nitrogens is 1. The van der Waals surface area contributed by atoms with Crippen molar-refractivity contribution in [2.24, 2.45) is 0 Å². The average Bonchev–Trinajstić information content (AvgIpc) is 3.48. The fourth-order valence-corrected chi connectivity index (χ4v) is 8.11. The van der Waals surface area contributed by atoms with Crippen molar-refractivity contribution in [3.8, 4) is 11.6 Å². The Bertz CT molecular complexity index is 1960. The Morgan fingerprint density at radius 1 is 1.09 bits per heavy atom. The van der Waals surface area contributed by atoms with Crippen LogP contribution in [0.2, 0.25) is 0 Å². The minimum atomic E-state index is -3.35. The number of aromatic nitrogens is 3. The van der Waals surface area contributed by atoms with Crippen LogP contribution in [0.3, 0.4) is 0 Å². The van der Waals surface area contributed by atoms with E-state index in [9.17, 15) is 17.6 Å². The molecule has 2 N–H and O–H groups in total. The molecule has 10 nitrogen and oxygen atoms in total. The van der Waals surface area contributed by atoms with E-state index in [2.05, 4.69) is 24.8 Å². The summed E-state index contributed by atoms with van der Waals surface area (Å²) >= 11 is -0.844. The van der Waals surface area contributed by atoms with Gasteiger partial charge in [0.2, 0.25) is 10.0 Å². The fourth-order valence-electron chi connectivity index (χ4n) is 5.56. The molecule has 0 atom stereocenters. The van der Waals surface area contributed by atoms with Crippen molar-refractivity contribution in [3.05, 3.63) is 102 Å². The zero-order chi connectivity index (χ0) is 32.3.